The Morgan fingerprint density at radius 1 is 1.05 bits per heavy atom. The minimum absolute atomic E-state index is 0. The van der Waals surface area contributed by atoms with E-state index in [0.717, 1.165) is 4.57 Å². The molecule has 0 spiro atoms. The Morgan fingerprint density at radius 3 is 2.20 bits per heavy atom. The maximum atomic E-state index is 13.3. The standard InChI is InChI=1S/C14H13F3N2.ClH/c1-10-7-8-12(18)19(9-10)13(14(15,16)17)11-5-3-2-4-6-11;/h2-9,13,18H,1H3;1H. The molecule has 1 unspecified atom stereocenters. The van der Waals surface area contributed by atoms with Crippen LogP contribution in [0, 0.1) is 12.3 Å². The van der Waals surface area contributed by atoms with Gasteiger partial charge in [0.2, 0.25) is 0 Å². The highest BCUT2D eigenvalue weighted by molar-refractivity contribution is 5.85. The topological polar surface area (TPSA) is 28.8 Å². The molecule has 0 amide bonds. The number of nitrogens with one attached hydrogen (secondary N) is 1. The highest BCUT2D eigenvalue weighted by atomic mass is 35.5. The molecule has 0 aliphatic rings. The summed E-state index contributed by atoms with van der Waals surface area (Å²) in [7, 11) is 0. The first-order chi connectivity index (χ1) is 8.89. The predicted octanol–water partition coefficient (Wildman–Crippen LogP) is 3.85. The Morgan fingerprint density at radius 2 is 1.65 bits per heavy atom. The molecule has 0 aliphatic carbocycles. The van der Waals surface area contributed by atoms with Crippen molar-refractivity contribution in [3.05, 3.63) is 65.3 Å². The molecule has 1 atom stereocenters. The summed E-state index contributed by atoms with van der Waals surface area (Å²) < 4.78 is 40.8. The lowest BCUT2D eigenvalue weighted by atomic mass is 10.1. The van der Waals surface area contributed by atoms with Gasteiger partial charge in [-0.2, -0.15) is 13.2 Å². The van der Waals surface area contributed by atoms with Crippen molar-refractivity contribution in [2.75, 3.05) is 0 Å². The molecule has 0 fully saturated rings. The van der Waals surface area contributed by atoms with Gasteiger partial charge in [0, 0.05) is 6.20 Å². The van der Waals surface area contributed by atoms with E-state index in [2.05, 4.69) is 0 Å². The number of hydrogen-bond acceptors (Lipinski definition) is 1. The third-order valence-corrected chi connectivity index (χ3v) is 2.83. The summed E-state index contributed by atoms with van der Waals surface area (Å²) >= 11 is 0. The van der Waals surface area contributed by atoms with E-state index >= 15 is 0 Å². The Bertz CT molecular complexity index is 620. The van der Waals surface area contributed by atoms with Crippen LogP contribution in [0.3, 0.4) is 0 Å². The summed E-state index contributed by atoms with van der Waals surface area (Å²) in [5.41, 5.74) is 0.636. The Labute approximate surface area is 120 Å². The van der Waals surface area contributed by atoms with Gasteiger partial charge in [-0.05, 0) is 24.1 Å². The van der Waals surface area contributed by atoms with E-state index < -0.39 is 12.2 Å². The third-order valence-electron chi connectivity index (χ3n) is 2.83. The van der Waals surface area contributed by atoms with Crippen LogP contribution >= 0.6 is 12.4 Å². The van der Waals surface area contributed by atoms with Crippen molar-refractivity contribution in [2.24, 2.45) is 0 Å². The largest absolute Gasteiger partial charge is 0.413 e. The van der Waals surface area contributed by atoms with Gasteiger partial charge in [-0.1, -0.05) is 36.4 Å². The van der Waals surface area contributed by atoms with Gasteiger partial charge in [-0.25, -0.2) is 0 Å². The van der Waals surface area contributed by atoms with E-state index in [4.69, 9.17) is 5.41 Å². The molecular formula is C14H14ClF3N2. The average molecular weight is 303 g/mol. The molecule has 0 saturated heterocycles. The first kappa shape index (κ1) is 16.3. The second-order valence-electron chi connectivity index (χ2n) is 4.35. The van der Waals surface area contributed by atoms with Crippen LogP contribution in [0.1, 0.15) is 17.2 Å². The highest BCUT2D eigenvalue weighted by Crippen LogP contribution is 2.35. The number of benzene rings is 1. The van der Waals surface area contributed by atoms with Gasteiger partial charge in [-0.3, -0.25) is 5.41 Å². The van der Waals surface area contributed by atoms with Gasteiger partial charge >= 0.3 is 6.18 Å². The van der Waals surface area contributed by atoms with Gasteiger partial charge in [0.15, 0.2) is 6.04 Å². The molecule has 108 valence electrons. The fourth-order valence-electron chi connectivity index (χ4n) is 1.98. The van der Waals surface area contributed by atoms with E-state index in [1.807, 2.05) is 0 Å². The molecule has 1 heterocycles. The van der Waals surface area contributed by atoms with Crippen LogP contribution in [-0.4, -0.2) is 10.7 Å². The van der Waals surface area contributed by atoms with Gasteiger partial charge in [0.1, 0.15) is 5.49 Å². The lowest BCUT2D eigenvalue weighted by molar-refractivity contribution is -0.157. The molecule has 2 rings (SSSR count). The number of hydrogen-bond donors (Lipinski definition) is 1. The molecule has 0 saturated carbocycles. The summed E-state index contributed by atoms with van der Waals surface area (Å²) in [4.78, 5) is 0. The normalized spacial score (nSPS) is 12.6. The summed E-state index contributed by atoms with van der Waals surface area (Å²) in [5, 5.41) is 7.69. The predicted molar refractivity (Wildman–Crippen MR) is 72.9 cm³/mol. The minimum Gasteiger partial charge on any atom is -0.317 e. The van der Waals surface area contributed by atoms with Gasteiger partial charge in [0.25, 0.3) is 0 Å². The average Bonchev–Trinajstić information content (AvgIpc) is 2.33. The maximum absolute atomic E-state index is 13.3. The van der Waals surface area contributed by atoms with Gasteiger partial charge < -0.3 is 4.57 Å². The van der Waals surface area contributed by atoms with Gasteiger partial charge in [-0.15, -0.1) is 12.4 Å². The number of nitrogens with zero attached hydrogens (tertiary/aromatic N) is 1. The zero-order valence-corrected chi connectivity index (χ0v) is 11.5. The Hall–Kier alpha value is -1.75. The fourth-order valence-corrected chi connectivity index (χ4v) is 1.98. The molecule has 0 aliphatic heterocycles. The number of rotatable bonds is 2. The molecule has 0 radical (unpaired) electrons. The van der Waals surface area contributed by atoms with E-state index in [9.17, 15) is 13.2 Å². The van der Waals surface area contributed by atoms with Crippen molar-refractivity contribution >= 4 is 12.4 Å². The Kier molecular flexibility index (Phi) is 5.00. The first-order valence-electron chi connectivity index (χ1n) is 5.74. The van der Waals surface area contributed by atoms with Crippen LogP contribution in [0.5, 0.6) is 0 Å². The number of halogens is 4. The molecule has 2 nitrogen and oxygen atoms in total. The van der Waals surface area contributed by atoms with Crippen LogP contribution in [0.2, 0.25) is 0 Å². The quantitative estimate of drug-likeness (QED) is 0.873. The zero-order valence-electron chi connectivity index (χ0n) is 10.7. The van der Waals surface area contributed by atoms with Crippen LogP contribution in [0.15, 0.2) is 48.7 Å². The molecule has 6 heteroatoms. The van der Waals surface area contributed by atoms with Crippen LogP contribution in [0.4, 0.5) is 13.2 Å². The number of aryl methyl sites for hydroxylation is 1. The maximum Gasteiger partial charge on any atom is 0.413 e. The molecule has 1 N–H and O–H groups in total. The monoisotopic (exact) mass is 302 g/mol. The van der Waals surface area contributed by atoms with Crippen molar-refractivity contribution in [3.8, 4) is 0 Å². The summed E-state index contributed by atoms with van der Waals surface area (Å²) in [5.74, 6) is 0. The molecule has 2 aromatic rings. The number of alkyl halides is 3. The van der Waals surface area contributed by atoms with Crippen molar-refractivity contribution in [1.29, 1.82) is 5.41 Å². The molecule has 0 bridgehead atoms. The first-order valence-corrected chi connectivity index (χ1v) is 5.74. The van der Waals surface area contributed by atoms with E-state index in [1.165, 1.54) is 24.4 Å². The second-order valence-corrected chi connectivity index (χ2v) is 4.35. The molecule has 1 aromatic heterocycles. The summed E-state index contributed by atoms with van der Waals surface area (Å²) in [6.45, 7) is 1.70. The summed E-state index contributed by atoms with van der Waals surface area (Å²) in [6, 6.07) is 8.80. The van der Waals surface area contributed by atoms with Crippen molar-refractivity contribution in [2.45, 2.75) is 19.1 Å². The fraction of sp³-hybridized carbons (Fsp3) is 0.214. The molecule has 20 heavy (non-hydrogen) atoms. The van der Waals surface area contributed by atoms with Crippen molar-refractivity contribution in [3.63, 3.8) is 0 Å². The summed E-state index contributed by atoms with van der Waals surface area (Å²) in [6.07, 6.45) is -3.09. The van der Waals surface area contributed by atoms with Crippen LogP contribution in [-0.2, 0) is 0 Å². The van der Waals surface area contributed by atoms with Crippen LogP contribution < -0.4 is 5.49 Å². The number of aromatic nitrogens is 1. The third kappa shape index (κ3) is 3.42. The van der Waals surface area contributed by atoms with Crippen molar-refractivity contribution in [1.82, 2.24) is 4.57 Å². The van der Waals surface area contributed by atoms with E-state index in [0.29, 0.717) is 5.56 Å². The minimum atomic E-state index is -4.45. The van der Waals surface area contributed by atoms with Crippen LogP contribution in [0.25, 0.3) is 0 Å². The van der Waals surface area contributed by atoms with E-state index in [1.54, 1.807) is 31.2 Å². The lowest BCUT2D eigenvalue weighted by Gasteiger charge is -2.24. The van der Waals surface area contributed by atoms with E-state index in [-0.39, 0.29) is 23.5 Å². The van der Waals surface area contributed by atoms with Gasteiger partial charge in [0.05, 0.1) is 0 Å². The zero-order chi connectivity index (χ0) is 14.0. The SMILES string of the molecule is Cc1ccc(=N)n(C(c2ccccc2)C(F)(F)F)c1.Cl. The lowest BCUT2D eigenvalue weighted by Crippen LogP contribution is -2.34. The Balaban J connectivity index is 0.00000200. The highest BCUT2D eigenvalue weighted by Gasteiger charge is 2.42. The smallest absolute Gasteiger partial charge is 0.317 e. The second kappa shape index (κ2) is 6.13. The van der Waals surface area contributed by atoms with Crippen molar-refractivity contribution < 1.29 is 13.2 Å². The number of pyridine rings is 1. The molecular weight excluding hydrogens is 289 g/mol. The molecule has 1 aromatic carbocycles.